The maximum absolute atomic E-state index is 13.9. The summed E-state index contributed by atoms with van der Waals surface area (Å²) in [5.74, 6) is 0.0132. The van der Waals surface area contributed by atoms with Crippen LogP contribution in [0.4, 0.5) is 10.1 Å². The molecule has 1 amide bonds. The number of nitro groups is 1. The van der Waals surface area contributed by atoms with Crippen molar-refractivity contribution >= 4 is 11.6 Å². The lowest BCUT2D eigenvalue weighted by atomic mass is 9.92. The highest BCUT2D eigenvalue weighted by Crippen LogP contribution is 2.23. The Hall–Kier alpha value is -2.02. The van der Waals surface area contributed by atoms with Crippen molar-refractivity contribution in [1.82, 2.24) is 10.2 Å². The van der Waals surface area contributed by atoms with Crippen molar-refractivity contribution in [2.24, 2.45) is 11.8 Å². The number of nitrogens with one attached hydrogen (secondary N) is 1. The molecule has 0 saturated carbocycles. The molecular formula is C18H26FN3O3. The van der Waals surface area contributed by atoms with Gasteiger partial charge in [0.1, 0.15) is 5.82 Å². The van der Waals surface area contributed by atoms with E-state index in [0.29, 0.717) is 18.4 Å². The van der Waals surface area contributed by atoms with Crippen molar-refractivity contribution in [3.63, 3.8) is 0 Å². The van der Waals surface area contributed by atoms with Crippen LogP contribution >= 0.6 is 0 Å². The Morgan fingerprint density at radius 2 is 2.00 bits per heavy atom. The number of hydrogen-bond donors (Lipinski definition) is 1. The molecule has 0 bridgehead atoms. The molecule has 1 aromatic carbocycles. The second kappa shape index (κ2) is 7.91. The topological polar surface area (TPSA) is 75.5 Å². The maximum atomic E-state index is 13.9. The highest BCUT2D eigenvalue weighted by molar-refractivity contribution is 5.95. The van der Waals surface area contributed by atoms with Gasteiger partial charge in [0.15, 0.2) is 0 Å². The third-order valence-corrected chi connectivity index (χ3v) is 4.63. The Morgan fingerprint density at radius 3 is 2.56 bits per heavy atom. The van der Waals surface area contributed by atoms with Crippen LogP contribution in [-0.4, -0.2) is 41.4 Å². The number of halogens is 1. The number of piperidine rings is 1. The van der Waals surface area contributed by atoms with E-state index in [1.807, 2.05) is 6.92 Å². The highest BCUT2D eigenvalue weighted by Gasteiger charge is 2.24. The third kappa shape index (κ3) is 4.98. The molecule has 1 aliphatic rings. The summed E-state index contributed by atoms with van der Waals surface area (Å²) in [6, 6.07) is 2.05. The first-order chi connectivity index (χ1) is 11.7. The van der Waals surface area contributed by atoms with Crippen LogP contribution in [0.1, 0.15) is 43.1 Å². The minimum absolute atomic E-state index is 0.0259. The standard InChI is InChI=1S/C18H26FN3O3/c1-11-5-12(2)9-21(8-11)10-13(3)20-18(23)15-6-16(19)14(4)17(7-15)22(24)25/h6-7,11-13H,5,8-10H2,1-4H3,(H,20,23). The predicted octanol–water partition coefficient (Wildman–Crippen LogP) is 3.14. The minimum atomic E-state index is -0.745. The number of rotatable bonds is 5. The second-order valence-corrected chi connectivity index (χ2v) is 7.40. The first kappa shape index (κ1) is 19.3. The molecule has 1 saturated heterocycles. The monoisotopic (exact) mass is 351 g/mol. The Balaban J connectivity index is 2.03. The molecule has 6 nitrogen and oxygen atoms in total. The summed E-state index contributed by atoms with van der Waals surface area (Å²) in [5.41, 5.74) is -0.468. The van der Waals surface area contributed by atoms with Gasteiger partial charge in [-0.25, -0.2) is 4.39 Å². The number of likely N-dealkylation sites (tertiary alicyclic amines) is 1. The lowest BCUT2D eigenvalue weighted by Gasteiger charge is -2.36. The van der Waals surface area contributed by atoms with E-state index in [4.69, 9.17) is 0 Å². The van der Waals surface area contributed by atoms with Gasteiger partial charge in [-0.3, -0.25) is 14.9 Å². The first-order valence-corrected chi connectivity index (χ1v) is 8.65. The molecule has 0 aliphatic carbocycles. The molecule has 3 atom stereocenters. The maximum Gasteiger partial charge on any atom is 0.276 e. The number of nitrogens with zero attached hydrogens (tertiary/aromatic N) is 2. The van der Waals surface area contributed by atoms with Gasteiger partial charge >= 0.3 is 0 Å². The van der Waals surface area contributed by atoms with Crippen molar-refractivity contribution in [3.05, 3.63) is 39.2 Å². The van der Waals surface area contributed by atoms with Crippen LogP contribution in [0.25, 0.3) is 0 Å². The molecule has 25 heavy (non-hydrogen) atoms. The molecule has 1 N–H and O–H groups in total. The van der Waals surface area contributed by atoms with Crippen molar-refractivity contribution < 1.29 is 14.1 Å². The number of carbonyl (C=O) groups excluding carboxylic acids is 1. The summed E-state index contributed by atoms with van der Waals surface area (Å²) in [4.78, 5) is 25.0. The van der Waals surface area contributed by atoms with E-state index in [1.54, 1.807) is 0 Å². The number of hydrogen-bond acceptors (Lipinski definition) is 4. The SMILES string of the molecule is Cc1c(F)cc(C(=O)NC(C)CN2CC(C)CC(C)C2)cc1[N+](=O)[O-]. The van der Waals surface area contributed by atoms with E-state index in [9.17, 15) is 19.3 Å². The Morgan fingerprint density at radius 1 is 1.40 bits per heavy atom. The van der Waals surface area contributed by atoms with Gasteiger partial charge in [0.05, 0.1) is 10.5 Å². The fourth-order valence-corrected chi connectivity index (χ4v) is 3.67. The van der Waals surface area contributed by atoms with Gasteiger partial charge in [0.2, 0.25) is 0 Å². The zero-order chi connectivity index (χ0) is 18.7. The molecular weight excluding hydrogens is 325 g/mol. The summed E-state index contributed by atoms with van der Waals surface area (Å²) in [5, 5.41) is 13.8. The summed E-state index contributed by atoms with van der Waals surface area (Å²) in [6.07, 6.45) is 1.21. The van der Waals surface area contributed by atoms with Crippen LogP contribution in [0.15, 0.2) is 12.1 Å². The van der Waals surface area contributed by atoms with Gasteiger partial charge in [-0.15, -0.1) is 0 Å². The van der Waals surface area contributed by atoms with Gasteiger partial charge in [-0.05, 0) is 38.2 Å². The average Bonchev–Trinajstić information content (AvgIpc) is 2.48. The van der Waals surface area contributed by atoms with Crippen LogP contribution in [0, 0.1) is 34.7 Å². The molecule has 0 aromatic heterocycles. The molecule has 1 fully saturated rings. The highest BCUT2D eigenvalue weighted by atomic mass is 19.1. The number of benzene rings is 1. The molecule has 3 unspecified atom stereocenters. The van der Waals surface area contributed by atoms with Gasteiger partial charge in [0.25, 0.3) is 11.6 Å². The van der Waals surface area contributed by atoms with E-state index in [-0.39, 0.29) is 22.9 Å². The molecule has 1 aromatic rings. The predicted molar refractivity (Wildman–Crippen MR) is 94.1 cm³/mol. The van der Waals surface area contributed by atoms with Crippen LogP contribution in [0.2, 0.25) is 0 Å². The van der Waals surface area contributed by atoms with Crippen molar-refractivity contribution in [2.45, 2.75) is 40.2 Å². The third-order valence-electron chi connectivity index (χ3n) is 4.63. The van der Waals surface area contributed by atoms with Gasteiger partial charge in [-0.2, -0.15) is 0 Å². The Bertz CT molecular complexity index is 655. The molecule has 1 heterocycles. The fraction of sp³-hybridized carbons (Fsp3) is 0.611. The zero-order valence-electron chi connectivity index (χ0n) is 15.2. The normalized spacial score (nSPS) is 22.4. The van der Waals surface area contributed by atoms with Crippen LogP contribution in [-0.2, 0) is 0 Å². The quantitative estimate of drug-likeness (QED) is 0.653. The number of amides is 1. The van der Waals surface area contributed by atoms with E-state index < -0.39 is 16.6 Å². The van der Waals surface area contributed by atoms with Gasteiger partial charge in [-0.1, -0.05) is 13.8 Å². The van der Waals surface area contributed by atoms with E-state index in [2.05, 4.69) is 24.1 Å². The average molecular weight is 351 g/mol. The van der Waals surface area contributed by atoms with Crippen LogP contribution in [0.3, 0.4) is 0 Å². The summed E-state index contributed by atoms with van der Waals surface area (Å²) in [6.45, 7) is 10.4. The fourth-order valence-electron chi connectivity index (χ4n) is 3.67. The molecule has 138 valence electrons. The van der Waals surface area contributed by atoms with Crippen molar-refractivity contribution in [2.75, 3.05) is 19.6 Å². The van der Waals surface area contributed by atoms with E-state index >= 15 is 0 Å². The first-order valence-electron chi connectivity index (χ1n) is 8.65. The van der Waals surface area contributed by atoms with Gasteiger partial charge < -0.3 is 10.2 Å². The number of nitro benzene ring substituents is 1. The molecule has 2 rings (SSSR count). The minimum Gasteiger partial charge on any atom is -0.348 e. The van der Waals surface area contributed by atoms with E-state index in [0.717, 1.165) is 25.2 Å². The van der Waals surface area contributed by atoms with E-state index in [1.165, 1.54) is 13.3 Å². The smallest absolute Gasteiger partial charge is 0.276 e. The molecule has 0 spiro atoms. The van der Waals surface area contributed by atoms with Crippen molar-refractivity contribution in [1.29, 1.82) is 0 Å². The summed E-state index contributed by atoms with van der Waals surface area (Å²) < 4.78 is 13.9. The van der Waals surface area contributed by atoms with Crippen LogP contribution < -0.4 is 5.32 Å². The lowest BCUT2D eigenvalue weighted by molar-refractivity contribution is -0.385. The number of carbonyl (C=O) groups is 1. The Kier molecular flexibility index (Phi) is 6.11. The summed E-state index contributed by atoms with van der Waals surface area (Å²) in [7, 11) is 0. The van der Waals surface area contributed by atoms with Gasteiger partial charge in [0, 0.05) is 37.3 Å². The molecule has 7 heteroatoms. The molecule has 0 radical (unpaired) electrons. The Labute approximate surface area is 147 Å². The zero-order valence-corrected chi connectivity index (χ0v) is 15.2. The lowest BCUT2D eigenvalue weighted by Crippen LogP contribution is -2.47. The summed E-state index contributed by atoms with van der Waals surface area (Å²) >= 11 is 0. The second-order valence-electron chi connectivity index (χ2n) is 7.40. The van der Waals surface area contributed by atoms with Crippen molar-refractivity contribution in [3.8, 4) is 0 Å². The van der Waals surface area contributed by atoms with Crippen LogP contribution in [0.5, 0.6) is 0 Å². The largest absolute Gasteiger partial charge is 0.348 e. The molecule has 1 aliphatic heterocycles.